The van der Waals surface area contributed by atoms with Gasteiger partial charge in [0.15, 0.2) is 0 Å². The molecule has 0 saturated carbocycles. The van der Waals surface area contributed by atoms with Gasteiger partial charge in [-0.25, -0.2) is 4.68 Å². The van der Waals surface area contributed by atoms with E-state index < -0.39 is 11.7 Å². The highest BCUT2D eigenvalue weighted by molar-refractivity contribution is 5.94. The van der Waals surface area contributed by atoms with Gasteiger partial charge in [-0.1, -0.05) is 18.2 Å². The fourth-order valence-electron chi connectivity index (χ4n) is 3.78. The van der Waals surface area contributed by atoms with E-state index in [0.717, 1.165) is 28.7 Å². The minimum atomic E-state index is -4.41. The zero-order valence-electron chi connectivity index (χ0n) is 17.5. The van der Waals surface area contributed by atoms with Gasteiger partial charge in [0.2, 0.25) is 0 Å². The SMILES string of the molecule is Cn1nccc1Cn1ccc(-c2nn(-c3ccc(C(F)(F)F)cc3)c3ccccc23)cc1=O. The fraction of sp³-hybridized carbons (Fsp3) is 0.125. The van der Waals surface area contributed by atoms with Crippen LogP contribution in [0.25, 0.3) is 27.8 Å². The van der Waals surface area contributed by atoms with E-state index in [1.165, 1.54) is 18.2 Å². The highest BCUT2D eigenvalue weighted by Crippen LogP contribution is 2.32. The van der Waals surface area contributed by atoms with Crippen LogP contribution in [0.15, 0.2) is 83.9 Å². The van der Waals surface area contributed by atoms with E-state index >= 15 is 0 Å². The topological polar surface area (TPSA) is 57.6 Å². The Kier molecular flexibility index (Phi) is 4.88. The van der Waals surface area contributed by atoms with Crippen molar-refractivity contribution in [3.05, 3.63) is 101 Å². The molecule has 0 aliphatic heterocycles. The summed E-state index contributed by atoms with van der Waals surface area (Å²) in [6, 6.07) is 17.4. The number of pyridine rings is 1. The Morgan fingerprint density at radius 2 is 1.73 bits per heavy atom. The average molecular weight is 449 g/mol. The summed E-state index contributed by atoms with van der Waals surface area (Å²) in [5, 5.41) is 9.57. The molecular weight excluding hydrogens is 431 g/mol. The van der Waals surface area contributed by atoms with Crippen LogP contribution in [0.1, 0.15) is 11.3 Å². The fourth-order valence-corrected chi connectivity index (χ4v) is 3.78. The number of hydrogen-bond donors (Lipinski definition) is 0. The van der Waals surface area contributed by atoms with Gasteiger partial charge in [-0.2, -0.15) is 23.4 Å². The zero-order valence-corrected chi connectivity index (χ0v) is 17.5. The van der Waals surface area contributed by atoms with Crippen molar-refractivity contribution < 1.29 is 13.2 Å². The van der Waals surface area contributed by atoms with Crippen LogP contribution in [-0.2, 0) is 19.8 Å². The minimum Gasteiger partial charge on any atom is -0.310 e. The maximum atomic E-state index is 13.0. The standard InChI is InChI=1S/C24H18F3N5O/c1-30-19(10-12-28-30)15-31-13-11-16(14-22(31)33)23-20-4-2-3-5-21(20)32(29-23)18-8-6-17(7-9-18)24(25,26)27/h2-14H,15H2,1H3. The van der Waals surface area contributed by atoms with E-state index in [9.17, 15) is 18.0 Å². The van der Waals surface area contributed by atoms with Crippen molar-refractivity contribution in [2.24, 2.45) is 7.05 Å². The van der Waals surface area contributed by atoms with Crippen molar-refractivity contribution in [1.82, 2.24) is 24.1 Å². The number of benzene rings is 2. The predicted octanol–water partition coefficient (Wildman–Crippen LogP) is 4.65. The lowest BCUT2D eigenvalue weighted by Crippen LogP contribution is -2.20. The van der Waals surface area contributed by atoms with Gasteiger partial charge in [0.05, 0.1) is 29.0 Å². The summed E-state index contributed by atoms with van der Waals surface area (Å²) in [7, 11) is 1.81. The average Bonchev–Trinajstić information content (AvgIpc) is 3.38. The van der Waals surface area contributed by atoms with Crippen LogP contribution >= 0.6 is 0 Å². The molecule has 6 nitrogen and oxygen atoms in total. The summed E-state index contributed by atoms with van der Waals surface area (Å²) in [6.45, 7) is 0.385. The van der Waals surface area contributed by atoms with E-state index in [0.29, 0.717) is 23.5 Å². The number of aromatic nitrogens is 5. The van der Waals surface area contributed by atoms with E-state index in [1.807, 2.05) is 43.4 Å². The Labute approximate surface area is 186 Å². The minimum absolute atomic E-state index is 0.193. The second-order valence-corrected chi connectivity index (χ2v) is 7.65. The molecule has 0 amide bonds. The Hall–Kier alpha value is -4.14. The number of halogens is 3. The van der Waals surface area contributed by atoms with Crippen LogP contribution in [0.5, 0.6) is 0 Å². The van der Waals surface area contributed by atoms with E-state index in [-0.39, 0.29) is 5.56 Å². The molecule has 3 aromatic heterocycles. The number of alkyl halides is 3. The lowest BCUT2D eigenvalue weighted by molar-refractivity contribution is -0.137. The molecule has 9 heteroatoms. The van der Waals surface area contributed by atoms with Crippen LogP contribution < -0.4 is 5.56 Å². The third-order valence-corrected chi connectivity index (χ3v) is 5.55. The summed E-state index contributed by atoms with van der Waals surface area (Å²) in [4.78, 5) is 12.8. The molecule has 2 aromatic carbocycles. The molecular formula is C24H18F3N5O. The van der Waals surface area contributed by atoms with Crippen LogP contribution in [-0.4, -0.2) is 24.1 Å². The molecule has 5 aromatic rings. The molecule has 0 fully saturated rings. The maximum Gasteiger partial charge on any atom is 0.416 e. The smallest absolute Gasteiger partial charge is 0.310 e. The van der Waals surface area contributed by atoms with E-state index in [4.69, 9.17) is 0 Å². The Bertz CT molecular complexity index is 1510. The van der Waals surface area contributed by atoms with Crippen LogP contribution in [0, 0.1) is 0 Å². The summed E-state index contributed by atoms with van der Waals surface area (Å²) in [5.74, 6) is 0. The first-order chi connectivity index (χ1) is 15.8. The molecule has 0 bridgehead atoms. The van der Waals surface area contributed by atoms with Crippen molar-refractivity contribution in [2.45, 2.75) is 12.7 Å². The number of fused-ring (bicyclic) bond motifs is 1. The van der Waals surface area contributed by atoms with Crippen LogP contribution in [0.4, 0.5) is 13.2 Å². The lowest BCUT2D eigenvalue weighted by atomic mass is 10.1. The molecule has 0 N–H and O–H groups in total. The Morgan fingerprint density at radius 1 is 0.970 bits per heavy atom. The van der Waals surface area contributed by atoms with Crippen molar-refractivity contribution in [2.75, 3.05) is 0 Å². The third kappa shape index (κ3) is 3.82. The third-order valence-electron chi connectivity index (χ3n) is 5.55. The maximum absolute atomic E-state index is 13.0. The second kappa shape index (κ2) is 7.77. The van der Waals surface area contributed by atoms with Gasteiger partial charge in [0, 0.05) is 36.5 Å². The van der Waals surface area contributed by atoms with E-state index in [1.54, 1.807) is 26.3 Å². The highest BCUT2D eigenvalue weighted by atomic mass is 19.4. The number of para-hydroxylation sites is 1. The summed E-state index contributed by atoms with van der Waals surface area (Å²) < 4.78 is 43.7. The Balaban J connectivity index is 1.56. The molecule has 3 heterocycles. The molecule has 0 aliphatic carbocycles. The molecule has 0 atom stereocenters. The van der Waals surface area contributed by atoms with E-state index in [2.05, 4.69) is 10.2 Å². The Morgan fingerprint density at radius 3 is 2.39 bits per heavy atom. The molecule has 0 radical (unpaired) electrons. The largest absolute Gasteiger partial charge is 0.416 e. The number of aryl methyl sites for hydroxylation is 1. The van der Waals surface area contributed by atoms with Gasteiger partial charge < -0.3 is 4.57 Å². The van der Waals surface area contributed by atoms with Gasteiger partial charge in [-0.15, -0.1) is 0 Å². The second-order valence-electron chi connectivity index (χ2n) is 7.65. The normalized spacial score (nSPS) is 11.9. The molecule has 166 valence electrons. The lowest BCUT2D eigenvalue weighted by Gasteiger charge is -2.08. The van der Waals surface area contributed by atoms with Crippen molar-refractivity contribution in [1.29, 1.82) is 0 Å². The monoisotopic (exact) mass is 449 g/mol. The van der Waals surface area contributed by atoms with Gasteiger partial charge in [0.1, 0.15) is 5.69 Å². The molecule has 0 aliphatic rings. The van der Waals surface area contributed by atoms with Crippen molar-refractivity contribution >= 4 is 10.9 Å². The van der Waals surface area contributed by atoms with Crippen LogP contribution in [0.2, 0.25) is 0 Å². The molecule has 33 heavy (non-hydrogen) atoms. The number of rotatable bonds is 4. The van der Waals surface area contributed by atoms with Gasteiger partial charge >= 0.3 is 6.18 Å². The van der Waals surface area contributed by atoms with Gasteiger partial charge in [-0.3, -0.25) is 9.48 Å². The first-order valence-electron chi connectivity index (χ1n) is 10.1. The zero-order chi connectivity index (χ0) is 23.2. The quantitative estimate of drug-likeness (QED) is 0.401. The molecule has 0 spiro atoms. The molecule has 5 rings (SSSR count). The first kappa shape index (κ1) is 20.7. The predicted molar refractivity (Wildman–Crippen MR) is 118 cm³/mol. The number of nitrogens with zero attached hydrogens (tertiary/aromatic N) is 5. The first-order valence-corrected chi connectivity index (χ1v) is 10.1. The summed E-state index contributed by atoms with van der Waals surface area (Å²) in [5.41, 5.74) is 2.41. The summed E-state index contributed by atoms with van der Waals surface area (Å²) >= 11 is 0. The highest BCUT2D eigenvalue weighted by Gasteiger charge is 2.30. The molecule has 0 saturated heterocycles. The van der Waals surface area contributed by atoms with Gasteiger partial charge in [-0.05, 0) is 42.5 Å². The summed E-state index contributed by atoms with van der Waals surface area (Å²) in [6.07, 6.45) is -1.03. The van der Waals surface area contributed by atoms with Crippen LogP contribution in [0.3, 0.4) is 0 Å². The van der Waals surface area contributed by atoms with Crippen molar-refractivity contribution in [3.63, 3.8) is 0 Å². The number of hydrogen-bond acceptors (Lipinski definition) is 3. The van der Waals surface area contributed by atoms with Crippen molar-refractivity contribution in [3.8, 4) is 16.9 Å². The molecule has 0 unspecified atom stereocenters. The van der Waals surface area contributed by atoms with Gasteiger partial charge in [0.25, 0.3) is 5.56 Å².